The minimum absolute atomic E-state index is 0.655. The van der Waals surface area contributed by atoms with E-state index in [0.717, 1.165) is 0 Å². The molecule has 218 valence electrons. The highest BCUT2D eigenvalue weighted by atomic mass is 15.6. The van der Waals surface area contributed by atoms with Gasteiger partial charge in [0.25, 0.3) is 0 Å². The van der Waals surface area contributed by atoms with Crippen LogP contribution in [0.1, 0.15) is 36.8 Å². The van der Waals surface area contributed by atoms with Gasteiger partial charge in [-0.3, -0.25) is 29.4 Å². The first kappa shape index (κ1) is 25.4. The second-order valence-electron chi connectivity index (χ2n) is 14.7. The molecule has 0 amide bonds. The molecule has 8 aliphatic heterocycles. The van der Waals surface area contributed by atoms with Crippen molar-refractivity contribution < 1.29 is 8.97 Å². The average molecular weight is 549 g/mol. The molecule has 6 atom stereocenters. The molecule has 1 aromatic carbocycles. The smallest absolute Gasteiger partial charge is 0.175 e. The van der Waals surface area contributed by atoms with E-state index in [1.165, 1.54) is 152 Å². The van der Waals surface area contributed by atoms with Crippen molar-refractivity contribution in [2.24, 2.45) is 0 Å². The molecule has 8 heterocycles. The van der Waals surface area contributed by atoms with Crippen LogP contribution in [0, 0.1) is 0 Å². The molecule has 0 aromatic heterocycles. The maximum atomic E-state index is 2.90. The van der Waals surface area contributed by atoms with Gasteiger partial charge in [0.05, 0.1) is 26.2 Å². The van der Waals surface area contributed by atoms with Crippen LogP contribution in [-0.4, -0.2) is 168 Å². The third kappa shape index (κ3) is 3.87. The lowest BCUT2D eigenvalue weighted by Gasteiger charge is -2.65. The summed E-state index contributed by atoms with van der Waals surface area (Å²) in [6.07, 6.45) is 8.12. The number of piperazine rings is 4. The maximum Gasteiger partial charge on any atom is 0.175 e. The van der Waals surface area contributed by atoms with Crippen molar-refractivity contribution in [2.45, 2.75) is 63.4 Å². The van der Waals surface area contributed by atoms with Gasteiger partial charge >= 0.3 is 0 Å². The SMILES string of the molecule is c1cc(C[N+]23CCCN4CCN5CCCN(CC2)C5C43)ccc1C[N+]12CCCN3CCN4CCCN(CC1)C4C32. The lowest BCUT2D eigenvalue weighted by atomic mass is 9.95. The molecule has 8 aliphatic rings. The topological polar surface area (TPSA) is 19.4 Å². The molecule has 6 unspecified atom stereocenters. The van der Waals surface area contributed by atoms with Gasteiger partial charge in [-0.15, -0.1) is 0 Å². The Balaban J connectivity index is 0.964. The molecule has 1 aromatic rings. The maximum absolute atomic E-state index is 2.90. The Kier molecular flexibility index (Phi) is 6.17. The molecule has 8 fully saturated rings. The Labute approximate surface area is 241 Å². The number of hydrogen-bond donors (Lipinski definition) is 0. The summed E-state index contributed by atoms with van der Waals surface area (Å²) in [5.74, 6) is 0. The van der Waals surface area contributed by atoms with Crippen molar-refractivity contribution in [3.05, 3.63) is 35.4 Å². The predicted molar refractivity (Wildman–Crippen MR) is 157 cm³/mol. The van der Waals surface area contributed by atoms with E-state index in [0.29, 0.717) is 24.7 Å². The van der Waals surface area contributed by atoms with Crippen molar-refractivity contribution in [3.8, 4) is 0 Å². The highest BCUT2D eigenvalue weighted by molar-refractivity contribution is 5.22. The van der Waals surface area contributed by atoms with Gasteiger partial charge in [-0.25, -0.2) is 0 Å². The van der Waals surface area contributed by atoms with Crippen LogP contribution in [0.25, 0.3) is 0 Å². The van der Waals surface area contributed by atoms with Gasteiger partial charge in [-0.1, -0.05) is 24.3 Å². The first-order valence-electron chi connectivity index (χ1n) is 17.0. The lowest BCUT2D eigenvalue weighted by molar-refractivity contribution is -0.989. The standard InChI is InChI=1S/C32H52N8/c1-9-33-15-17-37-13-3-21-39(23-19-35(11-1)29(33)31(37)39)25-27-5-7-28(8-6-27)26-40-22-4-14-38-18-16-34-10-2-12-36(20-24-40)30(34)32(38)40/h5-8,29-32H,1-4,9-26H2/q+2. The second-order valence-corrected chi connectivity index (χ2v) is 14.7. The number of nitrogens with zero attached hydrogens (tertiary/aromatic N) is 8. The molecule has 0 spiro atoms. The molecule has 0 bridgehead atoms. The van der Waals surface area contributed by atoms with Crippen LogP contribution in [0.5, 0.6) is 0 Å². The predicted octanol–water partition coefficient (Wildman–Crippen LogP) is 1.11. The number of rotatable bonds is 4. The Morgan fingerprint density at radius 2 is 0.800 bits per heavy atom. The van der Waals surface area contributed by atoms with E-state index < -0.39 is 0 Å². The highest BCUT2D eigenvalue weighted by Gasteiger charge is 2.59. The minimum atomic E-state index is 0.655. The van der Waals surface area contributed by atoms with E-state index in [4.69, 9.17) is 0 Å². The van der Waals surface area contributed by atoms with Crippen LogP contribution in [0.2, 0.25) is 0 Å². The van der Waals surface area contributed by atoms with Crippen molar-refractivity contribution in [3.63, 3.8) is 0 Å². The molecule has 0 radical (unpaired) electrons. The van der Waals surface area contributed by atoms with Gasteiger partial charge in [-0.05, 0) is 12.8 Å². The van der Waals surface area contributed by atoms with Gasteiger partial charge in [-0.2, -0.15) is 0 Å². The zero-order valence-corrected chi connectivity index (χ0v) is 24.8. The molecule has 9 rings (SSSR count). The van der Waals surface area contributed by atoms with Crippen molar-refractivity contribution >= 4 is 0 Å². The quantitative estimate of drug-likeness (QED) is 0.522. The van der Waals surface area contributed by atoms with E-state index in [9.17, 15) is 0 Å². The van der Waals surface area contributed by atoms with Crippen molar-refractivity contribution in [1.82, 2.24) is 29.4 Å². The summed E-state index contributed by atoms with van der Waals surface area (Å²) in [6.45, 7) is 23.4. The monoisotopic (exact) mass is 548 g/mol. The summed E-state index contributed by atoms with van der Waals surface area (Å²) < 4.78 is 2.61. The summed E-state index contributed by atoms with van der Waals surface area (Å²) in [7, 11) is 0. The molecule has 40 heavy (non-hydrogen) atoms. The Bertz CT molecular complexity index is 1000. The van der Waals surface area contributed by atoms with Gasteiger partial charge in [0, 0.05) is 103 Å². The van der Waals surface area contributed by atoms with Gasteiger partial charge in [0.2, 0.25) is 0 Å². The largest absolute Gasteiger partial charge is 0.301 e. The average Bonchev–Trinajstić information content (AvgIpc) is 3.00. The molecule has 8 nitrogen and oxygen atoms in total. The zero-order chi connectivity index (χ0) is 26.3. The summed E-state index contributed by atoms with van der Waals surface area (Å²) in [4.78, 5) is 17.2. The van der Waals surface area contributed by atoms with Crippen LogP contribution in [0.4, 0.5) is 0 Å². The molecular weight excluding hydrogens is 496 g/mol. The van der Waals surface area contributed by atoms with Gasteiger partial charge < -0.3 is 8.97 Å². The lowest BCUT2D eigenvalue weighted by Crippen LogP contribution is -2.82. The van der Waals surface area contributed by atoms with Crippen LogP contribution < -0.4 is 0 Å². The first-order chi connectivity index (χ1) is 19.7. The van der Waals surface area contributed by atoms with Crippen LogP contribution >= 0.6 is 0 Å². The van der Waals surface area contributed by atoms with Crippen molar-refractivity contribution in [1.29, 1.82) is 0 Å². The third-order valence-electron chi connectivity index (χ3n) is 12.8. The summed E-state index contributed by atoms with van der Waals surface area (Å²) >= 11 is 0. The fourth-order valence-electron chi connectivity index (χ4n) is 11.1. The summed E-state index contributed by atoms with van der Waals surface area (Å²) in [6, 6.07) is 10.2. The Morgan fingerprint density at radius 1 is 0.425 bits per heavy atom. The fraction of sp³-hybridized carbons (Fsp3) is 0.812. The van der Waals surface area contributed by atoms with Gasteiger partial charge in [0.15, 0.2) is 12.3 Å². The van der Waals surface area contributed by atoms with Crippen molar-refractivity contribution in [2.75, 3.05) is 105 Å². The molecule has 8 saturated heterocycles. The van der Waals surface area contributed by atoms with Crippen LogP contribution in [0.3, 0.4) is 0 Å². The minimum Gasteiger partial charge on any atom is -0.301 e. The van der Waals surface area contributed by atoms with Crippen LogP contribution in [0.15, 0.2) is 24.3 Å². The summed E-state index contributed by atoms with van der Waals surface area (Å²) in [5.41, 5.74) is 3.15. The second kappa shape index (κ2) is 9.71. The molecular formula is C32H52N8+2. The van der Waals surface area contributed by atoms with E-state index in [2.05, 4.69) is 53.7 Å². The van der Waals surface area contributed by atoms with E-state index in [1.807, 2.05) is 0 Å². The Morgan fingerprint density at radius 3 is 1.25 bits per heavy atom. The molecule has 0 aliphatic carbocycles. The fourth-order valence-corrected chi connectivity index (χ4v) is 11.1. The molecule has 8 heteroatoms. The molecule has 0 N–H and O–H groups in total. The Hall–Kier alpha value is -1.10. The number of benzene rings is 1. The number of quaternary nitrogens is 2. The van der Waals surface area contributed by atoms with E-state index >= 15 is 0 Å². The zero-order valence-electron chi connectivity index (χ0n) is 24.8. The van der Waals surface area contributed by atoms with Gasteiger partial charge in [0.1, 0.15) is 25.4 Å². The van der Waals surface area contributed by atoms with Crippen LogP contribution in [-0.2, 0) is 13.1 Å². The normalized spacial score (nSPS) is 42.8. The number of hydrogen-bond acceptors (Lipinski definition) is 6. The van der Waals surface area contributed by atoms with E-state index in [1.54, 1.807) is 11.1 Å². The molecule has 0 saturated carbocycles. The third-order valence-corrected chi connectivity index (χ3v) is 12.8. The highest BCUT2D eigenvalue weighted by Crippen LogP contribution is 2.41. The van der Waals surface area contributed by atoms with E-state index in [-0.39, 0.29) is 0 Å². The summed E-state index contributed by atoms with van der Waals surface area (Å²) in [5, 5.41) is 0. The first-order valence-corrected chi connectivity index (χ1v) is 17.0.